The van der Waals surface area contributed by atoms with Crippen LogP contribution in [0.2, 0.25) is 0 Å². The van der Waals surface area contributed by atoms with E-state index in [-0.39, 0.29) is 5.91 Å². The van der Waals surface area contributed by atoms with Crippen molar-refractivity contribution in [3.63, 3.8) is 0 Å². The van der Waals surface area contributed by atoms with Crippen LogP contribution < -0.4 is 5.32 Å². The van der Waals surface area contributed by atoms with Gasteiger partial charge in [-0.1, -0.05) is 31.4 Å². The van der Waals surface area contributed by atoms with Crippen molar-refractivity contribution in [1.82, 2.24) is 10.2 Å². The van der Waals surface area contributed by atoms with E-state index in [0.29, 0.717) is 11.7 Å². The highest BCUT2D eigenvalue weighted by Gasteiger charge is 2.16. The second kappa shape index (κ2) is 12.5. The molecule has 0 atom stereocenters. The van der Waals surface area contributed by atoms with Gasteiger partial charge in [-0.2, -0.15) is 12.6 Å². The summed E-state index contributed by atoms with van der Waals surface area (Å²) < 4.78 is 0. The molecule has 1 N–H and O–H groups in total. The third-order valence-corrected chi connectivity index (χ3v) is 5.17. The molecule has 138 valence electrons. The molecule has 0 aromatic heterocycles. The van der Waals surface area contributed by atoms with E-state index in [1.54, 1.807) is 0 Å². The summed E-state index contributed by atoms with van der Waals surface area (Å²) in [6.07, 6.45) is 10.8. The number of rotatable bonds is 12. The lowest BCUT2D eigenvalue weighted by molar-refractivity contribution is -0.121. The normalized spacial score (nSPS) is 15.3. The van der Waals surface area contributed by atoms with Crippen molar-refractivity contribution in [2.75, 3.05) is 19.6 Å². The average molecular weight is 353 g/mol. The van der Waals surface area contributed by atoms with Crippen LogP contribution in [0, 0.1) is 0 Å². The smallest absolute Gasteiger partial charge is 0.220 e. The number of amides is 1. The summed E-state index contributed by atoms with van der Waals surface area (Å²) >= 11 is 4.54. The molecule has 1 amide bonds. The largest absolute Gasteiger partial charge is 0.375 e. The predicted molar refractivity (Wildman–Crippen MR) is 107 cm³/mol. The van der Waals surface area contributed by atoms with Crippen LogP contribution in [0.15, 0.2) is 24.4 Å². The van der Waals surface area contributed by atoms with E-state index >= 15 is 0 Å². The lowest BCUT2D eigenvalue weighted by atomic mass is 10.1. The van der Waals surface area contributed by atoms with Gasteiger partial charge in [0.2, 0.25) is 5.91 Å². The number of nitrogens with zero attached hydrogens (tertiary/aromatic N) is 1. The molecule has 1 saturated heterocycles. The first-order valence-corrected chi connectivity index (χ1v) is 10.0. The van der Waals surface area contributed by atoms with Crippen LogP contribution in [0.5, 0.6) is 0 Å². The van der Waals surface area contributed by atoms with Crippen molar-refractivity contribution >= 4 is 18.5 Å². The Kier molecular flexibility index (Phi) is 11.0. The number of carbonyl (C=O) groups excluding carboxylic acids is 1. The first kappa shape index (κ1) is 21.1. The van der Waals surface area contributed by atoms with Crippen molar-refractivity contribution in [3.05, 3.63) is 24.4 Å². The first-order valence-electron chi connectivity index (χ1n) is 9.51. The van der Waals surface area contributed by atoms with Gasteiger partial charge in [0.05, 0.1) is 0 Å². The number of allylic oxidation sites excluding steroid dienone is 2. The summed E-state index contributed by atoms with van der Waals surface area (Å²) in [6.45, 7) is 13.1. The molecule has 0 unspecified atom stereocenters. The Hall–Kier alpha value is -0.900. The van der Waals surface area contributed by atoms with Crippen LogP contribution in [0.4, 0.5) is 0 Å². The fraction of sp³-hybridized carbons (Fsp3) is 0.750. The van der Waals surface area contributed by atoms with E-state index in [4.69, 9.17) is 0 Å². The summed E-state index contributed by atoms with van der Waals surface area (Å²) in [5.41, 5.74) is 2.38. The lowest BCUT2D eigenvalue weighted by Gasteiger charge is -2.33. The zero-order valence-corrected chi connectivity index (χ0v) is 16.4. The molecule has 4 heteroatoms. The van der Waals surface area contributed by atoms with E-state index in [0.717, 1.165) is 44.5 Å². The number of carbonyl (C=O) groups is 1. The highest BCUT2D eigenvalue weighted by molar-refractivity contribution is 7.80. The highest BCUT2D eigenvalue weighted by Crippen LogP contribution is 2.21. The standard InChI is InChI=1S/C20H36N2OS/c1-17(2)10-11-20(23)21-14-8-6-4-5-7-9-18(3)22-15-12-19(24)13-16-22/h19,24H,1,3-16H2,2H3,(H,21,23). The molecule has 1 fully saturated rings. The van der Waals surface area contributed by atoms with E-state index in [9.17, 15) is 4.79 Å². The maximum atomic E-state index is 11.6. The number of hydrogen-bond acceptors (Lipinski definition) is 3. The zero-order chi connectivity index (χ0) is 17.8. The quantitative estimate of drug-likeness (QED) is 0.303. The minimum absolute atomic E-state index is 0.152. The number of piperidine rings is 1. The van der Waals surface area contributed by atoms with Crippen molar-refractivity contribution in [2.24, 2.45) is 0 Å². The molecule has 3 nitrogen and oxygen atoms in total. The van der Waals surface area contributed by atoms with Crippen molar-refractivity contribution in [3.8, 4) is 0 Å². The van der Waals surface area contributed by atoms with E-state index < -0.39 is 0 Å². The van der Waals surface area contributed by atoms with Gasteiger partial charge in [0.1, 0.15) is 0 Å². The van der Waals surface area contributed by atoms with Gasteiger partial charge in [0.15, 0.2) is 0 Å². The number of hydrogen-bond donors (Lipinski definition) is 2. The topological polar surface area (TPSA) is 32.3 Å². The molecule has 0 bridgehead atoms. The minimum atomic E-state index is 0.152. The maximum Gasteiger partial charge on any atom is 0.220 e. The van der Waals surface area contributed by atoms with Crippen LogP contribution >= 0.6 is 12.6 Å². The number of unbranched alkanes of at least 4 members (excludes halogenated alkanes) is 4. The van der Waals surface area contributed by atoms with Crippen LogP contribution in [-0.4, -0.2) is 35.7 Å². The predicted octanol–water partition coefficient (Wildman–Crippen LogP) is 4.71. The third kappa shape index (κ3) is 10.1. The summed E-state index contributed by atoms with van der Waals surface area (Å²) in [5, 5.41) is 3.57. The Morgan fingerprint density at radius 3 is 2.33 bits per heavy atom. The number of thiol groups is 1. The zero-order valence-electron chi connectivity index (χ0n) is 15.5. The SMILES string of the molecule is C=C(C)CCC(=O)NCCCCCCCC(=C)N1CCC(S)CC1. The molecule has 24 heavy (non-hydrogen) atoms. The van der Waals surface area contributed by atoms with Crippen molar-refractivity contribution in [1.29, 1.82) is 0 Å². The van der Waals surface area contributed by atoms with Crippen molar-refractivity contribution in [2.45, 2.75) is 76.4 Å². The third-order valence-electron chi connectivity index (χ3n) is 4.65. The monoisotopic (exact) mass is 352 g/mol. The Labute approximate surface area is 154 Å². The molecule has 1 aliphatic heterocycles. The highest BCUT2D eigenvalue weighted by atomic mass is 32.1. The van der Waals surface area contributed by atoms with Crippen molar-refractivity contribution < 1.29 is 4.79 Å². The molecule has 0 aliphatic carbocycles. The Balaban J connectivity index is 1.90. The van der Waals surface area contributed by atoms with Gasteiger partial charge in [0, 0.05) is 37.0 Å². The van der Waals surface area contributed by atoms with Gasteiger partial charge < -0.3 is 10.2 Å². The van der Waals surface area contributed by atoms with Gasteiger partial charge in [-0.15, -0.1) is 6.58 Å². The second-order valence-electron chi connectivity index (χ2n) is 7.11. The van der Waals surface area contributed by atoms with Gasteiger partial charge in [0.25, 0.3) is 0 Å². The summed E-state index contributed by atoms with van der Waals surface area (Å²) in [4.78, 5) is 14.0. The van der Waals surface area contributed by atoms with E-state index in [1.165, 1.54) is 44.2 Å². The molecule has 0 aromatic rings. The summed E-state index contributed by atoms with van der Waals surface area (Å²) in [6, 6.07) is 0. The van der Waals surface area contributed by atoms with E-state index in [1.807, 2.05) is 6.92 Å². The maximum absolute atomic E-state index is 11.6. The molecule has 0 spiro atoms. The van der Waals surface area contributed by atoms with Gasteiger partial charge in [-0.05, 0) is 45.4 Å². The Morgan fingerprint density at radius 1 is 1.04 bits per heavy atom. The van der Waals surface area contributed by atoms with Gasteiger partial charge in [-0.3, -0.25) is 4.79 Å². The second-order valence-corrected chi connectivity index (χ2v) is 7.84. The molecule has 0 saturated carbocycles. The van der Waals surface area contributed by atoms with Gasteiger partial charge >= 0.3 is 0 Å². The molecule has 0 radical (unpaired) electrons. The van der Waals surface area contributed by atoms with Crippen LogP contribution in [0.1, 0.15) is 71.1 Å². The Bertz CT molecular complexity index is 400. The summed E-state index contributed by atoms with van der Waals surface area (Å²) in [7, 11) is 0. The number of nitrogens with one attached hydrogen (secondary N) is 1. The molecular formula is C20H36N2OS. The fourth-order valence-electron chi connectivity index (χ4n) is 2.97. The first-order chi connectivity index (χ1) is 11.5. The van der Waals surface area contributed by atoms with Gasteiger partial charge in [-0.25, -0.2) is 0 Å². The minimum Gasteiger partial charge on any atom is -0.375 e. The van der Waals surface area contributed by atoms with E-state index in [2.05, 4.69) is 36.0 Å². The molecule has 0 aromatic carbocycles. The van der Waals surface area contributed by atoms with Crippen LogP contribution in [-0.2, 0) is 4.79 Å². The fourth-order valence-corrected chi connectivity index (χ4v) is 3.20. The lowest BCUT2D eigenvalue weighted by Crippen LogP contribution is -2.33. The summed E-state index contributed by atoms with van der Waals surface area (Å²) in [5.74, 6) is 0.152. The molecule has 1 rings (SSSR count). The molecule has 1 heterocycles. The van der Waals surface area contributed by atoms with Crippen LogP contribution in [0.3, 0.4) is 0 Å². The molecular weight excluding hydrogens is 316 g/mol. The number of likely N-dealkylation sites (tertiary alicyclic amines) is 1. The average Bonchev–Trinajstić information content (AvgIpc) is 2.55. The molecule has 1 aliphatic rings. The Morgan fingerprint density at radius 2 is 1.67 bits per heavy atom. The van der Waals surface area contributed by atoms with Crippen LogP contribution in [0.25, 0.3) is 0 Å².